The van der Waals surface area contributed by atoms with Gasteiger partial charge in [0.05, 0.1) is 0 Å². The molecule has 0 saturated heterocycles. The van der Waals surface area contributed by atoms with E-state index in [-0.39, 0.29) is 11.6 Å². The summed E-state index contributed by atoms with van der Waals surface area (Å²) >= 11 is 0. The molecule has 0 unspecified atom stereocenters. The van der Waals surface area contributed by atoms with Crippen molar-refractivity contribution in [2.45, 2.75) is 20.3 Å². The number of hydrogen-bond acceptors (Lipinski definition) is 0. The lowest BCUT2D eigenvalue weighted by Crippen LogP contribution is -1.87. The second-order valence-corrected chi connectivity index (χ2v) is 5.32. The maximum absolute atomic E-state index is 12.6. The van der Waals surface area contributed by atoms with Crippen molar-refractivity contribution in [1.29, 1.82) is 0 Å². The van der Waals surface area contributed by atoms with Crippen LogP contribution in [0.3, 0.4) is 0 Å². The van der Waals surface area contributed by atoms with E-state index in [0.717, 1.165) is 12.1 Å². The third-order valence-electron chi connectivity index (χ3n) is 3.55. The largest absolute Gasteiger partial charge is 0.207 e. The summed E-state index contributed by atoms with van der Waals surface area (Å²) in [6, 6.07) is 22.5. The van der Waals surface area contributed by atoms with Gasteiger partial charge in [0.15, 0.2) is 0 Å². The van der Waals surface area contributed by atoms with Crippen molar-refractivity contribution in [2.24, 2.45) is 0 Å². The van der Waals surface area contributed by atoms with Crippen molar-refractivity contribution in [3.8, 4) is 11.1 Å². The van der Waals surface area contributed by atoms with Crippen LogP contribution in [0.15, 0.2) is 72.8 Å². The Morgan fingerprint density at radius 3 is 1.91 bits per heavy atom. The highest BCUT2D eigenvalue weighted by atomic mass is 19.1. The minimum atomic E-state index is -0.377. The zero-order valence-electron chi connectivity index (χ0n) is 13.4. The Morgan fingerprint density at radius 1 is 0.739 bits per heavy atom. The molecule has 118 valence electrons. The minimum absolute atomic E-state index is 0.330. The van der Waals surface area contributed by atoms with Gasteiger partial charge in [0, 0.05) is 0 Å². The van der Waals surface area contributed by atoms with E-state index in [1.165, 1.54) is 22.8 Å². The summed E-state index contributed by atoms with van der Waals surface area (Å²) in [5, 5.41) is 0. The van der Waals surface area contributed by atoms with Crippen LogP contribution in [0.5, 0.6) is 0 Å². The molecule has 0 spiro atoms. The van der Waals surface area contributed by atoms with Crippen molar-refractivity contribution in [1.82, 2.24) is 0 Å². The molecule has 3 aromatic rings. The van der Waals surface area contributed by atoms with E-state index in [2.05, 4.69) is 55.5 Å². The monoisotopic (exact) mass is 310 g/mol. The topological polar surface area (TPSA) is 0 Å². The van der Waals surface area contributed by atoms with Crippen LogP contribution >= 0.6 is 0 Å². The van der Waals surface area contributed by atoms with Crippen LogP contribution in [0.1, 0.15) is 18.1 Å². The highest BCUT2D eigenvalue weighted by Gasteiger charge is 1.99. The molecule has 0 amide bonds. The van der Waals surface area contributed by atoms with E-state index >= 15 is 0 Å². The van der Waals surface area contributed by atoms with Crippen LogP contribution in [-0.4, -0.2) is 0 Å². The second kappa shape index (κ2) is 8.23. The fourth-order valence-corrected chi connectivity index (χ4v) is 2.19. The maximum atomic E-state index is 12.6. The van der Waals surface area contributed by atoms with Crippen LogP contribution in [0, 0.1) is 18.6 Å². The van der Waals surface area contributed by atoms with Crippen LogP contribution < -0.4 is 0 Å². The number of aryl methyl sites for hydroxylation is 2. The zero-order chi connectivity index (χ0) is 16.7. The Kier molecular flexibility index (Phi) is 6.04. The summed E-state index contributed by atoms with van der Waals surface area (Å²) in [6.07, 6.45) is 0.531. The van der Waals surface area contributed by atoms with Crippen molar-refractivity contribution < 1.29 is 8.78 Å². The van der Waals surface area contributed by atoms with E-state index in [4.69, 9.17) is 0 Å². The third-order valence-corrected chi connectivity index (χ3v) is 3.55. The Bertz CT molecular complexity index is 732. The predicted octanol–water partition coefficient (Wildman–Crippen LogP) is 6.19. The van der Waals surface area contributed by atoms with Crippen molar-refractivity contribution in [3.05, 3.63) is 95.6 Å². The van der Waals surface area contributed by atoms with Gasteiger partial charge in [0.1, 0.15) is 11.6 Å². The van der Waals surface area contributed by atoms with Crippen LogP contribution in [-0.2, 0) is 6.42 Å². The summed E-state index contributed by atoms with van der Waals surface area (Å²) in [5.74, 6) is -0.706. The maximum Gasteiger partial charge on any atom is 0.126 e. The quantitative estimate of drug-likeness (QED) is 0.529. The fourth-order valence-electron chi connectivity index (χ4n) is 2.19. The van der Waals surface area contributed by atoms with Gasteiger partial charge in [-0.15, -0.1) is 0 Å². The third kappa shape index (κ3) is 5.03. The van der Waals surface area contributed by atoms with E-state index in [1.807, 2.05) is 6.07 Å². The van der Waals surface area contributed by atoms with E-state index in [0.29, 0.717) is 12.0 Å². The Morgan fingerprint density at radius 2 is 1.35 bits per heavy atom. The normalized spacial score (nSPS) is 9.91. The molecule has 0 aliphatic heterocycles. The molecule has 0 aliphatic carbocycles. The highest BCUT2D eigenvalue weighted by Crippen LogP contribution is 2.18. The van der Waals surface area contributed by atoms with Gasteiger partial charge in [-0.1, -0.05) is 67.1 Å². The molecular formula is C21H20F2. The predicted molar refractivity (Wildman–Crippen MR) is 92.4 cm³/mol. The number of hydrogen-bond donors (Lipinski definition) is 0. The van der Waals surface area contributed by atoms with E-state index in [9.17, 15) is 8.78 Å². The van der Waals surface area contributed by atoms with Crippen molar-refractivity contribution >= 4 is 0 Å². The molecule has 3 aromatic carbocycles. The molecule has 0 nitrogen and oxygen atoms in total. The van der Waals surface area contributed by atoms with Crippen molar-refractivity contribution in [3.63, 3.8) is 0 Å². The molecule has 0 atom stereocenters. The summed E-state index contributed by atoms with van der Waals surface area (Å²) in [4.78, 5) is 0. The van der Waals surface area contributed by atoms with Gasteiger partial charge in [-0.2, -0.15) is 0 Å². The van der Waals surface area contributed by atoms with Gasteiger partial charge >= 0.3 is 0 Å². The summed E-state index contributed by atoms with van der Waals surface area (Å²) in [7, 11) is 0. The summed E-state index contributed by atoms with van der Waals surface area (Å²) in [5.41, 5.74) is 4.30. The molecule has 0 aromatic heterocycles. The summed E-state index contributed by atoms with van der Waals surface area (Å²) < 4.78 is 25.0. The smallest absolute Gasteiger partial charge is 0.126 e. The molecule has 23 heavy (non-hydrogen) atoms. The second-order valence-electron chi connectivity index (χ2n) is 5.32. The number of benzene rings is 3. The van der Waals surface area contributed by atoms with Gasteiger partial charge in [-0.3, -0.25) is 0 Å². The SMILES string of the molecule is CCc1cc(F)ccc1F.Cc1ccc(-c2ccccc2)cc1. The lowest BCUT2D eigenvalue weighted by atomic mass is 10.0. The molecule has 0 fully saturated rings. The first kappa shape index (κ1) is 16.9. The zero-order valence-corrected chi connectivity index (χ0v) is 13.4. The molecule has 0 bridgehead atoms. The highest BCUT2D eigenvalue weighted by molar-refractivity contribution is 5.63. The fraction of sp³-hybridized carbons (Fsp3) is 0.143. The molecule has 3 rings (SSSR count). The number of rotatable bonds is 2. The minimum Gasteiger partial charge on any atom is -0.207 e. The van der Waals surface area contributed by atoms with Gasteiger partial charge in [-0.25, -0.2) is 8.78 Å². The average molecular weight is 310 g/mol. The standard InChI is InChI=1S/C13H12.C8H8F2/c1-11-7-9-13(10-8-11)12-5-3-2-4-6-12;1-2-6-5-7(9)3-4-8(6)10/h2-10H,1H3;3-5H,2H2,1H3. The van der Waals surface area contributed by atoms with Gasteiger partial charge in [-0.05, 0) is 48.2 Å². The Labute approximate surface area is 136 Å². The molecule has 2 heteroatoms. The van der Waals surface area contributed by atoms with E-state index < -0.39 is 0 Å². The first-order valence-electron chi connectivity index (χ1n) is 7.66. The molecule has 0 saturated carbocycles. The Balaban J connectivity index is 0.000000174. The molecular weight excluding hydrogens is 290 g/mol. The molecule has 0 radical (unpaired) electrons. The lowest BCUT2D eigenvalue weighted by Gasteiger charge is -2.00. The van der Waals surface area contributed by atoms with Crippen LogP contribution in [0.2, 0.25) is 0 Å². The molecule has 0 N–H and O–H groups in total. The summed E-state index contributed by atoms with van der Waals surface area (Å²) in [6.45, 7) is 3.90. The molecule has 0 heterocycles. The average Bonchev–Trinajstić information content (AvgIpc) is 2.59. The Hall–Kier alpha value is -2.48. The van der Waals surface area contributed by atoms with Gasteiger partial charge in [0.25, 0.3) is 0 Å². The number of halogens is 2. The van der Waals surface area contributed by atoms with Gasteiger partial charge in [0.2, 0.25) is 0 Å². The first-order chi connectivity index (χ1) is 11.1. The lowest BCUT2D eigenvalue weighted by molar-refractivity contribution is 0.587. The van der Waals surface area contributed by atoms with Gasteiger partial charge < -0.3 is 0 Å². The first-order valence-corrected chi connectivity index (χ1v) is 7.66. The van der Waals surface area contributed by atoms with Crippen LogP contribution in [0.4, 0.5) is 8.78 Å². The van der Waals surface area contributed by atoms with E-state index in [1.54, 1.807) is 6.92 Å². The van der Waals surface area contributed by atoms with Crippen molar-refractivity contribution in [2.75, 3.05) is 0 Å². The van der Waals surface area contributed by atoms with Crippen LogP contribution in [0.25, 0.3) is 11.1 Å². The molecule has 0 aliphatic rings.